The van der Waals surface area contributed by atoms with Crippen molar-refractivity contribution in [2.45, 2.75) is 20.0 Å². The van der Waals surface area contributed by atoms with Crippen molar-refractivity contribution >= 4 is 28.9 Å². The third-order valence-corrected chi connectivity index (χ3v) is 3.86. The molecule has 0 bridgehead atoms. The van der Waals surface area contributed by atoms with Gasteiger partial charge in [0.15, 0.2) is 17.5 Å². The van der Waals surface area contributed by atoms with Gasteiger partial charge in [-0.3, -0.25) is 9.69 Å². The van der Waals surface area contributed by atoms with Crippen LogP contribution in [0, 0.1) is 12.7 Å². The summed E-state index contributed by atoms with van der Waals surface area (Å²) in [6.07, 6.45) is -1.17. The number of carbonyl (C=O) groups is 3. The predicted octanol–water partition coefficient (Wildman–Crippen LogP) is 1.98. The molecule has 1 aliphatic rings. The maximum Gasteiger partial charge on any atom is 0.375 e. The van der Waals surface area contributed by atoms with Gasteiger partial charge < -0.3 is 14.5 Å². The van der Waals surface area contributed by atoms with Crippen LogP contribution in [0.2, 0.25) is 0 Å². The summed E-state index contributed by atoms with van der Waals surface area (Å²) in [4.78, 5) is 36.8. The van der Waals surface area contributed by atoms with E-state index in [4.69, 9.17) is 9.15 Å². The Morgan fingerprint density at radius 1 is 1.42 bits per heavy atom. The molecule has 2 aromatic rings. The molecule has 0 saturated carbocycles. The summed E-state index contributed by atoms with van der Waals surface area (Å²) in [7, 11) is 0. The zero-order chi connectivity index (χ0) is 17.4. The Labute approximate surface area is 136 Å². The van der Waals surface area contributed by atoms with E-state index in [1.54, 1.807) is 13.0 Å². The third kappa shape index (κ3) is 2.60. The number of urea groups is 1. The Morgan fingerprint density at radius 3 is 2.79 bits per heavy atom. The number of benzene rings is 1. The maximum atomic E-state index is 13.7. The van der Waals surface area contributed by atoms with E-state index in [-0.39, 0.29) is 17.9 Å². The summed E-state index contributed by atoms with van der Waals surface area (Å²) in [6, 6.07) is 3.83. The molecular formula is C16H15FN2O5. The predicted molar refractivity (Wildman–Crippen MR) is 80.9 cm³/mol. The first-order chi connectivity index (χ1) is 11.4. The molecule has 1 N–H and O–H groups in total. The van der Waals surface area contributed by atoms with E-state index in [9.17, 15) is 18.8 Å². The number of aryl methyl sites for hydroxylation is 1. The SMILES string of the molecule is Cc1c(C(=O)O[C@H](C)C(=O)N2CCNC2=O)oc2c(F)cccc12. The number of para-hydroxylation sites is 1. The molecule has 24 heavy (non-hydrogen) atoms. The molecule has 3 rings (SSSR count). The highest BCUT2D eigenvalue weighted by Crippen LogP contribution is 2.28. The molecule has 3 amide bonds. The summed E-state index contributed by atoms with van der Waals surface area (Å²) in [5, 5.41) is 2.95. The van der Waals surface area contributed by atoms with Gasteiger partial charge in [-0.1, -0.05) is 12.1 Å². The van der Waals surface area contributed by atoms with E-state index in [0.717, 1.165) is 4.90 Å². The molecule has 126 valence electrons. The van der Waals surface area contributed by atoms with Crippen molar-refractivity contribution < 1.29 is 27.9 Å². The van der Waals surface area contributed by atoms with Gasteiger partial charge in [-0.05, 0) is 19.9 Å². The van der Waals surface area contributed by atoms with Crippen molar-refractivity contribution in [2.24, 2.45) is 0 Å². The van der Waals surface area contributed by atoms with Gasteiger partial charge in [0.25, 0.3) is 5.91 Å². The molecular weight excluding hydrogens is 319 g/mol. The molecule has 2 heterocycles. The number of hydrogen-bond donors (Lipinski definition) is 1. The smallest absolute Gasteiger partial charge is 0.375 e. The van der Waals surface area contributed by atoms with Crippen molar-refractivity contribution in [1.29, 1.82) is 0 Å². The van der Waals surface area contributed by atoms with E-state index < -0.39 is 29.8 Å². The van der Waals surface area contributed by atoms with E-state index in [1.165, 1.54) is 19.1 Å². The van der Waals surface area contributed by atoms with E-state index in [1.807, 2.05) is 0 Å². The van der Waals surface area contributed by atoms with Crippen LogP contribution in [0.3, 0.4) is 0 Å². The summed E-state index contributed by atoms with van der Waals surface area (Å²) < 4.78 is 24.1. The largest absolute Gasteiger partial charge is 0.447 e. The van der Waals surface area contributed by atoms with Gasteiger partial charge in [-0.25, -0.2) is 14.0 Å². The minimum absolute atomic E-state index is 0.0418. The number of ether oxygens (including phenoxy) is 1. The lowest BCUT2D eigenvalue weighted by atomic mass is 10.1. The average Bonchev–Trinajstić information content (AvgIpc) is 3.11. The topological polar surface area (TPSA) is 88.9 Å². The Morgan fingerprint density at radius 2 is 2.17 bits per heavy atom. The van der Waals surface area contributed by atoms with E-state index >= 15 is 0 Å². The Hall–Kier alpha value is -2.90. The molecule has 1 fully saturated rings. The first-order valence-electron chi connectivity index (χ1n) is 7.38. The van der Waals surface area contributed by atoms with Gasteiger partial charge >= 0.3 is 12.0 Å². The van der Waals surface area contributed by atoms with Crippen LogP contribution in [0.1, 0.15) is 23.0 Å². The lowest BCUT2D eigenvalue weighted by Crippen LogP contribution is -2.41. The standard InChI is InChI=1S/C16H15FN2O5/c1-8-10-4-3-5-11(17)13(10)24-12(8)15(21)23-9(2)14(20)19-7-6-18-16(19)22/h3-5,9H,6-7H2,1-2H3,(H,18,22)/t9-/m1/s1. The first kappa shape index (κ1) is 16.0. The fraction of sp³-hybridized carbons (Fsp3) is 0.312. The zero-order valence-electron chi connectivity index (χ0n) is 13.1. The number of nitrogens with zero attached hydrogens (tertiary/aromatic N) is 1. The molecule has 1 aromatic heterocycles. The number of imide groups is 1. The number of nitrogens with one attached hydrogen (secondary N) is 1. The van der Waals surface area contributed by atoms with Gasteiger partial charge in [0, 0.05) is 24.0 Å². The van der Waals surface area contributed by atoms with Crippen LogP contribution in [0.4, 0.5) is 9.18 Å². The molecule has 1 aromatic carbocycles. The second-order valence-electron chi connectivity index (χ2n) is 5.44. The second-order valence-corrected chi connectivity index (χ2v) is 5.44. The van der Waals surface area contributed by atoms with Gasteiger partial charge in [-0.2, -0.15) is 0 Å². The number of rotatable bonds is 3. The van der Waals surface area contributed by atoms with Crippen molar-refractivity contribution in [2.75, 3.05) is 13.1 Å². The first-order valence-corrected chi connectivity index (χ1v) is 7.38. The molecule has 0 unspecified atom stereocenters. The van der Waals surface area contributed by atoms with Crippen LogP contribution in [-0.2, 0) is 9.53 Å². The van der Waals surface area contributed by atoms with Gasteiger partial charge in [0.2, 0.25) is 5.76 Å². The Bertz CT molecular complexity index is 844. The number of fused-ring (bicyclic) bond motifs is 1. The van der Waals surface area contributed by atoms with Crippen LogP contribution >= 0.6 is 0 Å². The Kier molecular flexibility index (Phi) is 3.96. The normalized spacial score (nSPS) is 15.5. The highest BCUT2D eigenvalue weighted by molar-refractivity contribution is 6.00. The van der Waals surface area contributed by atoms with Crippen molar-refractivity contribution in [3.63, 3.8) is 0 Å². The molecule has 1 saturated heterocycles. The monoisotopic (exact) mass is 334 g/mol. The van der Waals surface area contributed by atoms with E-state index in [2.05, 4.69) is 5.32 Å². The third-order valence-electron chi connectivity index (χ3n) is 3.86. The average molecular weight is 334 g/mol. The number of carbonyl (C=O) groups excluding carboxylic acids is 3. The fourth-order valence-electron chi connectivity index (χ4n) is 2.57. The highest BCUT2D eigenvalue weighted by Gasteiger charge is 2.32. The molecule has 0 radical (unpaired) electrons. The minimum atomic E-state index is -1.17. The zero-order valence-corrected chi connectivity index (χ0v) is 13.1. The Balaban J connectivity index is 1.80. The lowest BCUT2D eigenvalue weighted by Gasteiger charge is -2.17. The quantitative estimate of drug-likeness (QED) is 0.867. The van der Waals surface area contributed by atoms with Crippen molar-refractivity contribution in [1.82, 2.24) is 10.2 Å². The van der Waals surface area contributed by atoms with Crippen LogP contribution in [0.5, 0.6) is 0 Å². The van der Waals surface area contributed by atoms with Crippen LogP contribution in [0.25, 0.3) is 11.0 Å². The molecule has 7 nitrogen and oxygen atoms in total. The number of hydrogen-bond acceptors (Lipinski definition) is 5. The van der Waals surface area contributed by atoms with Gasteiger partial charge in [-0.15, -0.1) is 0 Å². The summed E-state index contributed by atoms with van der Waals surface area (Å²) in [6.45, 7) is 3.54. The maximum absolute atomic E-state index is 13.7. The van der Waals surface area contributed by atoms with Gasteiger partial charge in [0.05, 0.1) is 0 Å². The van der Waals surface area contributed by atoms with Crippen LogP contribution in [0.15, 0.2) is 22.6 Å². The van der Waals surface area contributed by atoms with Gasteiger partial charge in [0.1, 0.15) is 0 Å². The summed E-state index contributed by atoms with van der Waals surface area (Å²) >= 11 is 0. The fourth-order valence-corrected chi connectivity index (χ4v) is 2.57. The molecule has 8 heteroatoms. The van der Waals surface area contributed by atoms with Crippen molar-refractivity contribution in [3.8, 4) is 0 Å². The molecule has 0 spiro atoms. The lowest BCUT2D eigenvalue weighted by molar-refractivity contribution is -0.136. The molecule has 1 atom stereocenters. The molecule has 0 aliphatic carbocycles. The number of amides is 3. The van der Waals surface area contributed by atoms with Crippen LogP contribution in [-0.4, -0.2) is 42.0 Å². The summed E-state index contributed by atoms with van der Waals surface area (Å²) in [5.74, 6) is -2.27. The number of halogens is 1. The minimum Gasteiger partial charge on any atom is -0.447 e. The van der Waals surface area contributed by atoms with Crippen molar-refractivity contribution in [3.05, 3.63) is 35.3 Å². The summed E-state index contributed by atoms with van der Waals surface area (Å²) in [5.41, 5.74) is 0.382. The number of esters is 1. The van der Waals surface area contributed by atoms with Crippen LogP contribution < -0.4 is 5.32 Å². The molecule has 1 aliphatic heterocycles. The highest BCUT2D eigenvalue weighted by atomic mass is 19.1. The van der Waals surface area contributed by atoms with E-state index in [0.29, 0.717) is 17.5 Å². The second kappa shape index (κ2) is 5.95. The number of furan rings is 1.